The van der Waals surface area contributed by atoms with E-state index in [1.807, 2.05) is 0 Å². The van der Waals surface area contributed by atoms with Crippen LogP contribution in [-0.2, 0) is 10.0 Å². The van der Waals surface area contributed by atoms with E-state index in [9.17, 15) is 27.3 Å². The maximum Gasteiger partial charge on any atom is 0.328 e. The monoisotopic (exact) mass is 342 g/mol. The van der Waals surface area contributed by atoms with Crippen molar-refractivity contribution in [2.24, 2.45) is 0 Å². The molecule has 9 heteroatoms. The minimum Gasteiger partial charge on any atom is -0.258 e. The van der Waals surface area contributed by atoms with Crippen molar-refractivity contribution in [2.75, 3.05) is 4.31 Å². The van der Waals surface area contributed by atoms with Gasteiger partial charge in [0.15, 0.2) is 0 Å². The SMILES string of the molecule is Cc1ccc(S(=O)(=O)N(c2ccccc2[N+](=O)[O-])C(F)F)cc1. The number of nitrogens with zero attached hydrogens (tertiary/aromatic N) is 2. The van der Waals surface area contributed by atoms with Gasteiger partial charge in [-0.3, -0.25) is 10.1 Å². The number of benzene rings is 2. The number of hydrogen-bond acceptors (Lipinski definition) is 4. The lowest BCUT2D eigenvalue weighted by molar-refractivity contribution is -0.384. The second-order valence-corrected chi connectivity index (χ2v) is 6.45. The van der Waals surface area contributed by atoms with Gasteiger partial charge in [0.1, 0.15) is 5.69 Å². The first kappa shape index (κ1) is 16.8. The van der Waals surface area contributed by atoms with Crippen molar-refractivity contribution in [3.63, 3.8) is 0 Å². The Morgan fingerprint density at radius 2 is 1.65 bits per heavy atom. The number of sulfonamides is 1. The van der Waals surface area contributed by atoms with E-state index in [-0.39, 0.29) is 9.20 Å². The van der Waals surface area contributed by atoms with Crippen LogP contribution in [-0.4, -0.2) is 19.9 Å². The van der Waals surface area contributed by atoms with E-state index >= 15 is 0 Å². The molecule has 0 amide bonds. The molecule has 0 aliphatic rings. The molecule has 0 spiro atoms. The molecule has 0 saturated carbocycles. The molecule has 0 aliphatic heterocycles. The third-order valence-electron chi connectivity index (χ3n) is 3.07. The van der Waals surface area contributed by atoms with E-state index < -0.39 is 32.9 Å². The van der Waals surface area contributed by atoms with Gasteiger partial charge >= 0.3 is 6.55 Å². The molecule has 0 fully saturated rings. The van der Waals surface area contributed by atoms with Crippen molar-refractivity contribution in [1.29, 1.82) is 0 Å². The highest BCUT2D eigenvalue weighted by Crippen LogP contribution is 2.34. The van der Waals surface area contributed by atoms with Crippen LogP contribution in [0.1, 0.15) is 5.56 Å². The maximum atomic E-state index is 13.4. The van der Waals surface area contributed by atoms with Gasteiger partial charge in [-0.1, -0.05) is 29.8 Å². The molecule has 0 atom stereocenters. The van der Waals surface area contributed by atoms with Crippen LogP contribution >= 0.6 is 0 Å². The Bertz CT molecular complexity index is 823. The highest BCUT2D eigenvalue weighted by molar-refractivity contribution is 7.92. The molecule has 0 radical (unpaired) electrons. The number of nitro groups is 1. The number of para-hydroxylation sites is 2. The summed E-state index contributed by atoms with van der Waals surface area (Å²) in [5.41, 5.74) is -0.658. The van der Waals surface area contributed by atoms with Crippen molar-refractivity contribution >= 4 is 21.4 Å². The lowest BCUT2D eigenvalue weighted by Crippen LogP contribution is -2.36. The quantitative estimate of drug-likeness (QED) is 0.474. The van der Waals surface area contributed by atoms with Crippen LogP contribution in [0.3, 0.4) is 0 Å². The van der Waals surface area contributed by atoms with Crippen LogP contribution in [0.25, 0.3) is 0 Å². The number of anilines is 1. The normalized spacial score (nSPS) is 11.5. The average molecular weight is 342 g/mol. The Morgan fingerprint density at radius 3 is 2.17 bits per heavy atom. The molecule has 0 bridgehead atoms. The van der Waals surface area contributed by atoms with E-state index in [0.29, 0.717) is 0 Å². The first-order chi connectivity index (χ1) is 10.7. The number of alkyl halides is 2. The van der Waals surface area contributed by atoms with Crippen LogP contribution in [0, 0.1) is 17.0 Å². The summed E-state index contributed by atoms with van der Waals surface area (Å²) >= 11 is 0. The Balaban J connectivity index is 2.64. The van der Waals surface area contributed by atoms with E-state index in [1.165, 1.54) is 36.4 Å². The van der Waals surface area contributed by atoms with E-state index in [0.717, 1.165) is 17.7 Å². The van der Waals surface area contributed by atoms with Crippen molar-refractivity contribution in [2.45, 2.75) is 18.4 Å². The minimum atomic E-state index is -4.65. The van der Waals surface area contributed by atoms with E-state index in [4.69, 9.17) is 0 Å². The summed E-state index contributed by atoms with van der Waals surface area (Å²) in [6, 6.07) is 9.72. The topological polar surface area (TPSA) is 80.5 Å². The van der Waals surface area contributed by atoms with Crippen molar-refractivity contribution < 1.29 is 22.1 Å². The largest absolute Gasteiger partial charge is 0.328 e. The molecule has 0 saturated heterocycles. The van der Waals surface area contributed by atoms with Gasteiger partial charge in [0.05, 0.1) is 9.82 Å². The third kappa shape index (κ3) is 3.29. The van der Waals surface area contributed by atoms with Gasteiger partial charge in [0, 0.05) is 6.07 Å². The lowest BCUT2D eigenvalue weighted by Gasteiger charge is -2.23. The summed E-state index contributed by atoms with van der Waals surface area (Å²) < 4.78 is 51.6. The Kier molecular flexibility index (Phi) is 4.60. The van der Waals surface area contributed by atoms with Crippen molar-refractivity contribution in [3.05, 3.63) is 64.2 Å². The average Bonchev–Trinajstić information content (AvgIpc) is 2.47. The smallest absolute Gasteiger partial charge is 0.258 e. The fourth-order valence-electron chi connectivity index (χ4n) is 1.97. The zero-order valence-corrected chi connectivity index (χ0v) is 12.7. The van der Waals surface area contributed by atoms with Gasteiger partial charge in [-0.2, -0.15) is 13.1 Å². The molecule has 2 aromatic carbocycles. The minimum absolute atomic E-state index is 0.240. The first-order valence-corrected chi connectivity index (χ1v) is 7.82. The molecular weight excluding hydrogens is 330 g/mol. The number of nitro benzene ring substituents is 1. The molecular formula is C14H12F2N2O4S. The molecule has 0 unspecified atom stereocenters. The summed E-state index contributed by atoms with van der Waals surface area (Å²) in [6.07, 6.45) is 0. The Labute approximate surface area is 131 Å². The van der Waals surface area contributed by atoms with Crippen LogP contribution < -0.4 is 4.31 Å². The fraction of sp³-hybridized carbons (Fsp3) is 0.143. The third-order valence-corrected chi connectivity index (χ3v) is 4.81. The number of rotatable bonds is 5. The molecule has 6 nitrogen and oxygen atoms in total. The number of halogens is 2. The zero-order chi connectivity index (χ0) is 17.2. The van der Waals surface area contributed by atoms with Crippen molar-refractivity contribution in [3.8, 4) is 0 Å². The van der Waals surface area contributed by atoms with E-state index in [1.54, 1.807) is 6.92 Å². The zero-order valence-electron chi connectivity index (χ0n) is 11.9. The molecule has 0 aliphatic carbocycles. The van der Waals surface area contributed by atoms with Crippen LogP contribution in [0.5, 0.6) is 0 Å². The summed E-state index contributed by atoms with van der Waals surface area (Å²) in [7, 11) is -4.65. The van der Waals surface area contributed by atoms with Gasteiger partial charge < -0.3 is 0 Å². The fourth-order valence-corrected chi connectivity index (χ4v) is 3.30. The highest BCUT2D eigenvalue weighted by Gasteiger charge is 2.36. The van der Waals surface area contributed by atoms with Crippen LogP contribution in [0.2, 0.25) is 0 Å². The molecule has 2 aromatic rings. The second kappa shape index (κ2) is 6.29. The van der Waals surface area contributed by atoms with Crippen LogP contribution in [0.15, 0.2) is 53.4 Å². The van der Waals surface area contributed by atoms with Crippen LogP contribution in [0.4, 0.5) is 20.2 Å². The molecule has 0 heterocycles. The predicted molar refractivity (Wildman–Crippen MR) is 79.9 cm³/mol. The summed E-state index contributed by atoms with van der Waals surface area (Å²) in [6.45, 7) is -1.76. The number of hydrogen-bond donors (Lipinski definition) is 0. The maximum absolute atomic E-state index is 13.4. The second-order valence-electron chi connectivity index (χ2n) is 4.64. The van der Waals surface area contributed by atoms with Gasteiger partial charge in [0.25, 0.3) is 15.7 Å². The van der Waals surface area contributed by atoms with Crippen molar-refractivity contribution in [1.82, 2.24) is 0 Å². The van der Waals surface area contributed by atoms with Gasteiger partial charge in [-0.15, -0.1) is 0 Å². The summed E-state index contributed by atoms with van der Waals surface area (Å²) in [5.74, 6) is 0. The summed E-state index contributed by atoms with van der Waals surface area (Å²) in [4.78, 5) is 9.72. The molecule has 23 heavy (non-hydrogen) atoms. The lowest BCUT2D eigenvalue weighted by atomic mass is 10.2. The number of aryl methyl sites for hydroxylation is 1. The van der Waals surface area contributed by atoms with Gasteiger partial charge in [0.2, 0.25) is 0 Å². The molecule has 2 rings (SSSR count). The molecule has 0 N–H and O–H groups in total. The summed E-state index contributed by atoms with van der Waals surface area (Å²) in [5, 5.41) is 11.0. The predicted octanol–water partition coefficient (Wildman–Crippen LogP) is 3.32. The molecule has 0 aromatic heterocycles. The molecule has 122 valence electrons. The van der Waals surface area contributed by atoms with Gasteiger partial charge in [-0.05, 0) is 25.1 Å². The Hall–Kier alpha value is -2.55. The first-order valence-electron chi connectivity index (χ1n) is 6.38. The van der Waals surface area contributed by atoms with E-state index in [2.05, 4.69) is 0 Å². The Morgan fingerprint density at radius 1 is 1.09 bits per heavy atom. The van der Waals surface area contributed by atoms with Gasteiger partial charge in [-0.25, -0.2) is 8.42 Å². The highest BCUT2D eigenvalue weighted by atomic mass is 32.2. The standard InChI is InChI=1S/C14H12F2N2O4S/c1-10-6-8-11(9-7-10)23(21,22)17(14(15)16)12-4-2-3-5-13(12)18(19)20/h2-9,14H,1H3.